The summed E-state index contributed by atoms with van der Waals surface area (Å²) in [4.78, 5) is 15.4. The quantitative estimate of drug-likeness (QED) is 0.408. The van der Waals surface area contributed by atoms with Gasteiger partial charge in [-0.15, -0.1) is 0 Å². The summed E-state index contributed by atoms with van der Waals surface area (Å²) in [6, 6.07) is 19.9. The number of hydrogen-bond donors (Lipinski definition) is 1. The zero-order valence-corrected chi connectivity index (χ0v) is 18.1. The molecule has 4 rings (SSSR count). The zero-order chi connectivity index (χ0) is 22.2. The van der Waals surface area contributed by atoms with Crippen LogP contribution in [0.15, 0.2) is 76.8 Å². The van der Waals surface area contributed by atoms with E-state index >= 15 is 0 Å². The molecule has 0 spiro atoms. The minimum atomic E-state index is -0.426. The van der Waals surface area contributed by atoms with Gasteiger partial charge in [0.15, 0.2) is 5.84 Å². The summed E-state index contributed by atoms with van der Waals surface area (Å²) in [5, 5.41) is 16.1. The number of nitro groups is 1. The Bertz CT molecular complexity index is 1210. The summed E-state index contributed by atoms with van der Waals surface area (Å²) >= 11 is 6.25. The van der Waals surface area contributed by atoms with E-state index in [9.17, 15) is 10.1 Å². The Labute approximate surface area is 185 Å². The minimum absolute atomic E-state index is 0.0214. The number of nitro benzene ring substituents is 1. The summed E-state index contributed by atoms with van der Waals surface area (Å²) in [6.45, 7) is 6.51. The predicted octanol–water partition coefficient (Wildman–Crippen LogP) is 5.98. The Morgan fingerprint density at radius 3 is 2.19 bits per heavy atom. The number of rotatable bonds is 3. The molecule has 0 aromatic heterocycles. The van der Waals surface area contributed by atoms with Gasteiger partial charge in [0.2, 0.25) is 0 Å². The second kappa shape index (κ2) is 7.96. The Hall–Kier alpha value is -3.51. The van der Waals surface area contributed by atoms with Crippen LogP contribution in [0, 0.1) is 10.1 Å². The highest BCUT2D eigenvalue weighted by atomic mass is 35.5. The van der Waals surface area contributed by atoms with E-state index in [0.717, 1.165) is 16.7 Å². The Balaban J connectivity index is 1.77. The molecule has 0 bridgehead atoms. The van der Waals surface area contributed by atoms with Crippen molar-refractivity contribution in [1.29, 1.82) is 0 Å². The number of nitrogens with zero attached hydrogens (tertiary/aromatic N) is 3. The van der Waals surface area contributed by atoms with Gasteiger partial charge >= 0.3 is 0 Å². The van der Waals surface area contributed by atoms with E-state index in [1.807, 2.05) is 18.2 Å². The van der Waals surface area contributed by atoms with Crippen LogP contribution in [-0.2, 0) is 5.41 Å². The average Bonchev–Trinajstić information content (AvgIpc) is 2.93. The van der Waals surface area contributed by atoms with E-state index in [1.54, 1.807) is 24.3 Å². The van der Waals surface area contributed by atoms with Crippen LogP contribution >= 0.6 is 11.6 Å². The first-order chi connectivity index (χ1) is 14.7. The molecule has 0 radical (unpaired) electrons. The molecule has 7 heteroatoms. The van der Waals surface area contributed by atoms with E-state index in [4.69, 9.17) is 16.6 Å². The summed E-state index contributed by atoms with van der Waals surface area (Å²) in [7, 11) is 0. The lowest BCUT2D eigenvalue weighted by atomic mass is 9.86. The molecule has 0 saturated heterocycles. The van der Waals surface area contributed by atoms with E-state index in [-0.39, 0.29) is 11.1 Å². The first-order valence-electron chi connectivity index (χ1n) is 9.80. The van der Waals surface area contributed by atoms with Crippen LogP contribution in [-0.4, -0.2) is 16.5 Å². The predicted molar refractivity (Wildman–Crippen MR) is 125 cm³/mol. The largest absolute Gasteiger partial charge is 0.269 e. The van der Waals surface area contributed by atoms with Gasteiger partial charge in [-0.25, -0.2) is 4.99 Å². The molecule has 0 fully saturated rings. The minimum Gasteiger partial charge on any atom is -0.260 e. The molecule has 0 unspecified atom stereocenters. The number of hydrogen-bond acceptors (Lipinski definition) is 5. The van der Waals surface area contributed by atoms with Crippen molar-refractivity contribution in [3.63, 3.8) is 0 Å². The monoisotopic (exact) mass is 432 g/mol. The molecule has 0 atom stereocenters. The lowest BCUT2D eigenvalue weighted by molar-refractivity contribution is -0.384. The van der Waals surface area contributed by atoms with Gasteiger partial charge in [-0.2, -0.15) is 5.10 Å². The van der Waals surface area contributed by atoms with Crippen molar-refractivity contribution >= 4 is 34.5 Å². The number of nitrogens with one attached hydrogen (secondary N) is 1. The molecule has 1 aliphatic heterocycles. The van der Waals surface area contributed by atoms with E-state index < -0.39 is 4.92 Å². The topological polar surface area (TPSA) is 79.9 Å². The third kappa shape index (κ3) is 4.34. The lowest BCUT2D eigenvalue weighted by Gasteiger charge is -2.19. The zero-order valence-electron chi connectivity index (χ0n) is 17.4. The number of non-ortho nitro benzene ring substituents is 1. The highest BCUT2D eigenvalue weighted by molar-refractivity contribution is 6.31. The van der Waals surface area contributed by atoms with Gasteiger partial charge in [-0.3, -0.25) is 15.5 Å². The number of halogens is 1. The summed E-state index contributed by atoms with van der Waals surface area (Å²) < 4.78 is 0. The molecule has 3 aromatic carbocycles. The number of hydrazone groups is 1. The van der Waals surface area contributed by atoms with Crippen molar-refractivity contribution in [2.75, 3.05) is 0 Å². The Morgan fingerprint density at radius 1 is 0.935 bits per heavy atom. The molecule has 1 N–H and O–H groups in total. The number of fused-ring (bicyclic) bond motifs is 1. The molecule has 0 saturated carbocycles. The maximum absolute atomic E-state index is 11.0. The summed E-state index contributed by atoms with van der Waals surface area (Å²) in [6.07, 6.45) is 0. The normalized spacial score (nSPS) is 13.4. The van der Waals surface area contributed by atoms with E-state index in [1.165, 1.54) is 17.7 Å². The van der Waals surface area contributed by atoms with Crippen LogP contribution in [0.3, 0.4) is 0 Å². The molecule has 1 heterocycles. The third-order valence-corrected chi connectivity index (χ3v) is 5.33. The van der Waals surface area contributed by atoms with Gasteiger partial charge < -0.3 is 0 Å². The molecule has 31 heavy (non-hydrogen) atoms. The number of aliphatic imine (C=N–C) groups is 1. The summed E-state index contributed by atoms with van der Waals surface area (Å²) in [5.41, 5.74) is 8.07. The smallest absolute Gasteiger partial charge is 0.260 e. The van der Waals surface area contributed by atoms with Crippen molar-refractivity contribution in [3.05, 3.63) is 104 Å². The van der Waals surface area contributed by atoms with Crippen molar-refractivity contribution in [3.8, 4) is 0 Å². The molecule has 1 aliphatic rings. The average molecular weight is 433 g/mol. The second-order valence-corrected chi connectivity index (χ2v) is 8.76. The van der Waals surface area contributed by atoms with Crippen LogP contribution in [0.4, 0.5) is 11.4 Å². The van der Waals surface area contributed by atoms with Gasteiger partial charge in [0.1, 0.15) is 5.71 Å². The first kappa shape index (κ1) is 20.8. The van der Waals surface area contributed by atoms with Crippen LogP contribution in [0.2, 0.25) is 5.02 Å². The van der Waals surface area contributed by atoms with Crippen LogP contribution in [0.1, 0.15) is 43.0 Å². The lowest BCUT2D eigenvalue weighted by Crippen LogP contribution is -2.20. The molecule has 0 amide bonds. The van der Waals surface area contributed by atoms with Crippen LogP contribution in [0.5, 0.6) is 0 Å². The molecule has 6 nitrogen and oxygen atoms in total. The van der Waals surface area contributed by atoms with Gasteiger partial charge in [0.05, 0.1) is 10.6 Å². The highest BCUT2D eigenvalue weighted by Gasteiger charge is 2.19. The SMILES string of the molecule is CC(C)(C)c1ccc(C2=Nc3ccc(Cl)cc3C(c3ccc([N+](=O)[O-])cc3)=NN2)cc1. The van der Waals surface area contributed by atoms with Gasteiger partial charge in [-0.1, -0.05) is 56.6 Å². The first-order valence-corrected chi connectivity index (χ1v) is 10.2. The fourth-order valence-electron chi connectivity index (χ4n) is 3.33. The molecule has 156 valence electrons. The van der Waals surface area contributed by atoms with Gasteiger partial charge in [0.25, 0.3) is 5.69 Å². The highest BCUT2D eigenvalue weighted by Crippen LogP contribution is 2.29. The third-order valence-electron chi connectivity index (χ3n) is 5.10. The Kier molecular flexibility index (Phi) is 5.33. The molecule has 3 aromatic rings. The standard InChI is InChI=1S/C24H21ClN4O2/c1-24(2,3)17-8-4-16(5-9-17)23-26-21-13-10-18(25)14-20(21)22(27-28-23)15-6-11-19(12-7-15)29(30)31/h4-14H,1-3H3,(H,26,28). The maximum Gasteiger partial charge on any atom is 0.269 e. The fraction of sp³-hybridized carbons (Fsp3) is 0.167. The van der Waals surface area contributed by atoms with Crippen molar-refractivity contribution in [2.45, 2.75) is 26.2 Å². The number of benzene rings is 3. The van der Waals surface area contributed by atoms with E-state index in [0.29, 0.717) is 22.3 Å². The molecular formula is C24H21ClN4O2. The van der Waals surface area contributed by atoms with Crippen LogP contribution < -0.4 is 5.43 Å². The molecule has 0 aliphatic carbocycles. The van der Waals surface area contributed by atoms with E-state index in [2.05, 4.69) is 43.4 Å². The maximum atomic E-state index is 11.0. The van der Waals surface area contributed by atoms with Crippen molar-refractivity contribution in [1.82, 2.24) is 5.43 Å². The Morgan fingerprint density at radius 2 is 1.58 bits per heavy atom. The van der Waals surface area contributed by atoms with Gasteiger partial charge in [0, 0.05) is 33.8 Å². The fourth-order valence-corrected chi connectivity index (χ4v) is 3.50. The van der Waals surface area contributed by atoms with Gasteiger partial charge in [-0.05, 0) is 41.3 Å². The van der Waals surface area contributed by atoms with Crippen molar-refractivity contribution in [2.24, 2.45) is 10.1 Å². The van der Waals surface area contributed by atoms with Crippen molar-refractivity contribution < 1.29 is 4.92 Å². The van der Waals surface area contributed by atoms with Crippen LogP contribution in [0.25, 0.3) is 0 Å². The number of amidine groups is 1. The molecular weight excluding hydrogens is 412 g/mol. The summed E-state index contributed by atoms with van der Waals surface area (Å²) in [5.74, 6) is 0.612. The second-order valence-electron chi connectivity index (χ2n) is 8.33.